The number of ether oxygens (including phenoxy) is 1. The maximum absolute atomic E-state index is 12.0. The van der Waals surface area contributed by atoms with Gasteiger partial charge in [0, 0.05) is 23.4 Å². The Bertz CT molecular complexity index is 607. The maximum atomic E-state index is 12.0. The number of benzene rings is 1. The number of nitrogens with two attached hydrogens (primary N) is 1. The number of carbonyl (C=O) groups excluding carboxylic acids is 1. The third-order valence-corrected chi connectivity index (χ3v) is 2.60. The molecule has 1 heterocycles. The van der Waals surface area contributed by atoms with Gasteiger partial charge < -0.3 is 20.3 Å². The van der Waals surface area contributed by atoms with E-state index in [1.165, 1.54) is 0 Å². The number of rotatable bonds is 5. The van der Waals surface area contributed by atoms with Crippen molar-refractivity contribution in [1.29, 1.82) is 0 Å². The SMILES string of the molecule is CCOc1cc(N)cc(C(=O)NCc2cc(C)no2)c1. The van der Waals surface area contributed by atoms with Gasteiger partial charge in [-0.1, -0.05) is 5.16 Å². The third-order valence-electron chi connectivity index (χ3n) is 2.60. The summed E-state index contributed by atoms with van der Waals surface area (Å²) in [6, 6.07) is 6.70. The smallest absolute Gasteiger partial charge is 0.251 e. The minimum absolute atomic E-state index is 0.243. The average Bonchev–Trinajstić information content (AvgIpc) is 2.81. The van der Waals surface area contributed by atoms with Crippen LogP contribution in [0.25, 0.3) is 0 Å². The lowest BCUT2D eigenvalue weighted by molar-refractivity contribution is 0.0946. The van der Waals surface area contributed by atoms with Gasteiger partial charge in [-0.15, -0.1) is 0 Å². The van der Waals surface area contributed by atoms with Crippen molar-refractivity contribution in [3.05, 3.63) is 41.3 Å². The van der Waals surface area contributed by atoms with Gasteiger partial charge in [-0.25, -0.2) is 0 Å². The van der Waals surface area contributed by atoms with Gasteiger partial charge in [0.05, 0.1) is 18.8 Å². The second-order valence-electron chi connectivity index (χ2n) is 4.34. The summed E-state index contributed by atoms with van der Waals surface area (Å²) in [4.78, 5) is 12.0. The van der Waals surface area contributed by atoms with Crippen LogP contribution >= 0.6 is 0 Å². The van der Waals surface area contributed by atoms with E-state index in [1.807, 2.05) is 13.8 Å². The molecule has 0 unspecified atom stereocenters. The highest BCUT2D eigenvalue weighted by Crippen LogP contribution is 2.19. The fourth-order valence-electron chi connectivity index (χ4n) is 1.77. The Morgan fingerprint density at radius 2 is 2.20 bits per heavy atom. The van der Waals surface area contributed by atoms with E-state index in [2.05, 4.69) is 10.5 Å². The molecule has 2 aromatic rings. The molecular weight excluding hydrogens is 258 g/mol. The topological polar surface area (TPSA) is 90.4 Å². The number of anilines is 1. The first-order valence-corrected chi connectivity index (χ1v) is 6.32. The van der Waals surface area contributed by atoms with Gasteiger partial charge in [0.15, 0.2) is 5.76 Å². The molecule has 1 amide bonds. The minimum atomic E-state index is -0.243. The molecule has 3 N–H and O–H groups in total. The summed E-state index contributed by atoms with van der Waals surface area (Å²) in [6.07, 6.45) is 0. The van der Waals surface area contributed by atoms with Crippen molar-refractivity contribution in [2.75, 3.05) is 12.3 Å². The number of hydrogen-bond donors (Lipinski definition) is 2. The summed E-state index contributed by atoms with van der Waals surface area (Å²) in [5.41, 5.74) is 7.46. The zero-order valence-corrected chi connectivity index (χ0v) is 11.5. The van der Waals surface area contributed by atoms with Crippen LogP contribution in [0.4, 0.5) is 5.69 Å². The molecule has 0 radical (unpaired) electrons. The Morgan fingerprint density at radius 3 is 2.85 bits per heavy atom. The van der Waals surface area contributed by atoms with Gasteiger partial charge >= 0.3 is 0 Å². The molecule has 1 aromatic heterocycles. The van der Waals surface area contributed by atoms with Crippen LogP contribution in [0.2, 0.25) is 0 Å². The summed E-state index contributed by atoms with van der Waals surface area (Å²) in [5, 5.41) is 6.49. The number of carbonyl (C=O) groups is 1. The Kier molecular flexibility index (Phi) is 4.24. The lowest BCUT2D eigenvalue weighted by atomic mass is 10.1. The highest BCUT2D eigenvalue weighted by Gasteiger charge is 2.10. The summed E-state index contributed by atoms with van der Waals surface area (Å²) in [5.74, 6) is 0.935. The van der Waals surface area contributed by atoms with Crippen LogP contribution in [0.1, 0.15) is 28.7 Å². The van der Waals surface area contributed by atoms with Crippen molar-refractivity contribution in [1.82, 2.24) is 10.5 Å². The molecule has 1 aromatic carbocycles. The molecule has 0 fully saturated rings. The number of hydrogen-bond acceptors (Lipinski definition) is 5. The highest BCUT2D eigenvalue weighted by molar-refractivity contribution is 5.95. The molecule has 0 saturated heterocycles. The van der Waals surface area contributed by atoms with Crippen LogP contribution in [0.3, 0.4) is 0 Å². The van der Waals surface area contributed by atoms with Crippen molar-refractivity contribution in [2.24, 2.45) is 0 Å². The fourth-order valence-corrected chi connectivity index (χ4v) is 1.77. The zero-order valence-electron chi connectivity index (χ0n) is 11.5. The maximum Gasteiger partial charge on any atom is 0.251 e. The third kappa shape index (κ3) is 3.50. The molecule has 6 heteroatoms. The molecule has 0 aliphatic rings. The van der Waals surface area contributed by atoms with Crippen LogP contribution in [0, 0.1) is 6.92 Å². The van der Waals surface area contributed by atoms with Crippen LogP contribution < -0.4 is 15.8 Å². The number of nitrogens with one attached hydrogen (secondary N) is 1. The molecular formula is C14H17N3O3. The monoisotopic (exact) mass is 275 g/mol. The molecule has 20 heavy (non-hydrogen) atoms. The first kappa shape index (κ1) is 13.9. The largest absolute Gasteiger partial charge is 0.494 e. The van der Waals surface area contributed by atoms with Crippen molar-refractivity contribution < 1.29 is 14.1 Å². The number of amides is 1. The van der Waals surface area contributed by atoms with E-state index in [1.54, 1.807) is 24.3 Å². The molecule has 0 atom stereocenters. The van der Waals surface area contributed by atoms with Crippen LogP contribution in [0.5, 0.6) is 5.75 Å². The molecule has 0 saturated carbocycles. The Labute approximate surface area is 116 Å². The van der Waals surface area contributed by atoms with Gasteiger partial charge in [0.2, 0.25) is 0 Å². The molecule has 0 aliphatic heterocycles. The second kappa shape index (κ2) is 6.10. The first-order valence-electron chi connectivity index (χ1n) is 6.32. The van der Waals surface area contributed by atoms with Crippen molar-refractivity contribution in [3.8, 4) is 5.75 Å². The fraction of sp³-hybridized carbons (Fsp3) is 0.286. The van der Waals surface area contributed by atoms with E-state index in [0.29, 0.717) is 29.4 Å². The van der Waals surface area contributed by atoms with E-state index in [0.717, 1.165) is 5.69 Å². The Balaban J connectivity index is 2.04. The van der Waals surface area contributed by atoms with Crippen LogP contribution in [-0.2, 0) is 6.54 Å². The summed E-state index contributed by atoms with van der Waals surface area (Å²) < 4.78 is 10.4. The van der Waals surface area contributed by atoms with E-state index < -0.39 is 0 Å². The summed E-state index contributed by atoms with van der Waals surface area (Å²) in [7, 11) is 0. The Morgan fingerprint density at radius 1 is 1.40 bits per heavy atom. The lowest BCUT2D eigenvalue weighted by Gasteiger charge is -2.08. The van der Waals surface area contributed by atoms with E-state index in [4.69, 9.17) is 15.0 Å². The van der Waals surface area contributed by atoms with Crippen LogP contribution in [-0.4, -0.2) is 17.7 Å². The highest BCUT2D eigenvalue weighted by atomic mass is 16.5. The summed E-state index contributed by atoms with van der Waals surface area (Å²) in [6.45, 7) is 4.48. The molecule has 2 rings (SSSR count). The predicted molar refractivity (Wildman–Crippen MR) is 74.4 cm³/mol. The van der Waals surface area contributed by atoms with Gasteiger partial charge in [-0.3, -0.25) is 4.79 Å². The van der Waals surface area contributed by atoms with E-state index >= 15 is 0 Å². The second-order valence-corrected chi connectivity index (χ2v) is 4.34. The quantitative estimate of drug-likeness (QED) is 0.813. The normalized spacial score (nSPS) is 10.3. The molecule has 6 nitrogen and oxygen atoms in total. The zero-order chi connectivity index (χ0) is 14.5. The van der Waals surface area contributed by atoms with E-state index in [-0.39, 0.29) is 12.5 Å². The summed E-state index contributed by atoms with van der Waals surface area (Å²) >= 11 is 0. The van der Waals surface area contributed by atoms with Gasteiger partial charge in [0.1, 0.15) is 5.75 Å². The number of nitrogen functional groups attached to an aromatic ring is 1. The molecule has 106 valence electrons. The van der Waals surface area contributed by atoms with Crippen molar-refractivity contribution >= 4 is 11.6 Å². The predicted octanol–water partition coefficient (Wildman–Crippen LogP) is 1.89. The standard InChI is InChI=1S/C14H17N3O3/c1-3-19-12-6-10(5-11(15)7-12)14(18)16-8-13-4-9(2)17-20-13/h4-7H,3,8,15H2,1-2H3,(H,16,18). The minimum Gasteiger partial charge on any atom is -0.494 e. The number of nitrogens with zero attached hydrogens (tertiary/aromatic N) is 1. The van der Waals surface area contributed by atoms with Crippen molar-refractivity contribution in [2.45, 2.75) is 20.4 Å². The van der Waals surface area contributed by atoms with Gasteiger partial charge in [-0.05, 0) is 26.0 Å². The Hall–Kier alpha value is -2.50. The molecule has 0 bridgehead atoms. The number of aromatic nitrogens is 1. The lowest BCUT2D eigenvalue weighted by Crippen LogP contribution is -2.22. The average molecular weight is 275 g/mol. The van der Waals surface area contributed by atoms with Gasteiger partial charge in [-0.2, -0.15) is 0 Å². The van der Waals surface area contributed by atoms with Gasteiger partial charge in [0.25, 0.3) is 5.91 Å². The molecule has 0 spiro atoms. The number of aryl methyl sites for hydroxylation is 1. The first-order chi connectivity index (χ1) is 9.58. The van der Waals surface area contributed by atoms with E-state index in [9.17, 15) is 4.79 Å². The van der Waals surface area contributed by atoms with Crippen molar-refractivity contribution in [3.63, 3.8) is 0 Å². The molecule has 0 aliphatic carbocycles. The van der Waals surface area contributed by atoms with Crippen LogP contribution in [0.15, 0.2) is 28.8 Å².